The number of alkyl halides is 3. The first kappa shape index (κ1) is 37.6. The van der Waals surface area contributed by atoms with Crippen molar-refractivity contribution in [1.29, 1.82) is 0 Å². The maximum Gasteiger partial charge on any atom is 0.474 e. The zero-order valence-electron chi connectivity index (χ0n) is 28.1. The smallest absolute Gasteiger partial charge is 0.444 e. The number of carbonyl (C=O) groups is 3. The molecule has 4 rings (SSSR count). The van der Waals surface area contributed by atoms with E-state index in [1.807, 2.05) is 11.8 Å². The second-order valence-corrected chi connectivity index (χ2v) is 15.4. The van der Waals surface area contributed by atoms with Crippen LogP contribution in [0.2, 0.25) is 0 Å². The molecule has 1 atom stereocenters. The van der Waals surface area contributed by atoms with Gasteiger partial charge >= 0.3 is 18.2 Å². The second-order valence-electron chi connectivity index (χ2n) is 13.1. The summed E-state index contributed by atoms with van der Waals surface area (Å²) in [5.41, 5.74) is 0.217. The highest BCUT2D eigenvalue weighted by Crippen LogP contribution is 2.35. The van der Waals surface area contributed by atoms with Crippen LogP contribution in [0.5, 0.6) is 0 Å². The third kappa shape index (κ3) is 9.28. The zero-order valence-corrected chi connectivity index (χ0v) is 28.9. The van der Waals surface area contributed by atoms with Crippen molar-refractivity contribution >= 4 is 44.7 Å². The molecule has 49 heavy (non-hydrogen) atoms. The van der Waals surface area contributed by atoms with Crippen molar-refractivity contribution in [2.45, 2.75) is 82.9 Å². The van der Waals surface area contributed by atoms with Crippen molar-refractivity contribution in [2.75, 3.05) is 48.3 Å². The Morgan fingerprint density at radius 2 is 1.63 bits per heavy atom. The minimum atomic E-state index is -5.28. The first-order valence-electron chi connectivity index (χ1n) is 16.3. The molecule has 2 aliphatic heterocycles. The van der Waals surface area contributed by atoms with Crippen LogP contribution >= 0.6 is 0 Å². The third-order valence-electron chi connectivity index (χ3n) is 8.26. The Balaban J connectivity index is 1.59. The van der Waals surface area contributed by atoms with Gasteiger partial charge in [-0.15, -0.1) is 4.36 Å². The molecule has 1 fully saturated rings. The molecule has 2 aromatic rings. The van der Waals surface area contributed by atoms with Gasteiger partial charge in [-0.05, 0) is 69.5 Å². The fourth-order valence-electron chi connectivity index (χ4n) is 5.76. The summed E-state index contributed by atoms with van der Waals surface area (Å²) in [5, 5.41) is 12.0. The summed E-state index contributed by atoms with van der Waals surface area (Å²) in [6.45, 7) is 8.95. The van der Waals surface area contributed by atoms with Crippen molar-refractivity contribution in [2.24, 2.45) is 4.36 Å². The van der Waals surface area contributed by atoms with E-state index in [-0.39, 0.29) is 29.2 Å². The van der Waals surface area contributed by atoms with Gasteiger partial charge in [-0.1, -0.05) is 32.6 Å². The van der Waals surface area contributed by atoms with Gasteiger partial charge in [0.1, 0.15) is 11.2 Å². The number of anilines is 2. The zero-order chi connectivity index (χ0) is 36.1. The molecule has 2 aromatic carbocycles. The topological polar surface area (TPSA) is 143 Å². The molecule has 0 spiro atoms. The van der Waals surface area contributed by atoms with E-state index in [2.05, 4.69) is 4.36 Å². The number of ether oxygens (including phenoxy) is 1. The number of hydrogen-bond acceptors (Lipinski definition) is 8. The molecule has 0 aliphatic carbocycles. The van der Waals surface area contributed by atoms with Crippen molar-refractivity contribution in [3.8, 4) is 0 Å². The molecule has 0 bridgehead atoms. The van der Waals surface area contributed by atoms with Gasteiger partial charge in [0.15, 0.2) is 0 Å². The van der Waals surface area contributed by atoms with Gasteiger partial charge < -0.3 is 19.4 Å². The number of nitro groups is 1. The quantitative estimate of drug-likeness (QED) is 0.150. The van der Waals surface area contributed by atoms with E-state index in [1.54, 1.807) is 31.7 Å². The molecule has 0 aromatic heterocycles. The Morgan fingerprint density at radius 3 is 2.24 bits per heavy atom. The number of nitro benzene ring substituents is 1. The number of piperazine rings is 1. The van der Waals surface area contributed by atoms with Crippen LogP contribution < -0.4 is 9.80 Å². The van der Waals surface area contributed by atoms with Gasteiger partial charge in [-0.3, -0.25) is 19.7 Å². The van der Waals surface area contributed by atoms with Gasteiger partial charge in [0.25, 0.3) is 11.6 Å². The van der Waals surface area contributed by atoms with E-state index in [9.17, 15) is 41.9 Å². The molecule has 1 unspecified atom stereocenters. The van der Waals surface area contributed by atoms with Gasteiger partial charge in [0.2, 0.25) is 0 Å². The number of rotatable bonds is 10. The lowest BCUT2D eigenvalue weighted by atomic mass is 10.1. The van der Waals surface area contributed by atoms with Crippen LogP contribution in [0.3, 0.4) is 0 Å². The highest BCUT2D eigenvalue weighted by atomic mass is 32.2. The summed E-state index contributed by atoms with van der Waals surface area (Å²) >= 11 is 0. The van der Waals surface area contributed by atoms with E-state index >= 15 is 0 Å². The van der Waals surface area contributed by atoms with Gasteiger partial charge in [-0.25, -0.2) is 9.00 Å². The second kappa shape index (κ2) is 15.1. The minimum absolute atomic E-state index is 0.0351. The van der Waals surface area contributed by atoms with Crippen molar-refractivity contribution in [3.05, 3.63) is 57.6 Å². The average Bonchev–Trinajstić information content (AvgIpc) is 3.46. The number of benzene rings is 2. The van der Waals surface area contributed by atoms with Crippen molar-refractivity contribution < 1.29 is 41.4 Å². The number of fused-ring (bicyclic) bond motifs is 1. The molecular weight excluding hydrogens is 667 g/mol. The average molecular weight is 710 g/mol. The predicted molar refractivity (Wildman–Crippen MR) is 178 cm³/mol. The number of amides is 3. The third-order valence-corrected chi connectivity index (χ3v) is 10.6. The molecule has 3 amide bonds. The normalized spacial score (nSPS) is 16.2. The minimum Gasteiger partial charge on any atom is -0.444 e. The molecule has 0 N–H and O–H groups in total. The number of unbranched alkanes of at least 4 members (excludes halogenated alkanes) is 4. The molecule has 268 valence electrons. The molecule has 1 saturated heterocycles. The Kier molecular flexibility index (Phi) is 11.6. The predicted octanol–water partition coefficient (Wildman–Crippen LogP) is 6.74. The Hall–Kier alpha value is -4.21. The van der Waals surface area contributed by atoms with Crippen molar-refractivity contribution in [3.63, 3.8) is 0 Å². The molecule has 0 radical (unpaired) electrons. The van der Waals surface area contributed by atoms with Crippen LogP contribution in [0.1, 0.15) is 75.7 Å². The molecular formula is C33H42F3N5O7S. The van der Waals surface area contributed by atoms with Gasteiger partial charge in [0, 0.05) is 60.8 Å². The lowest BCUT2D eigenvalue weighted by molar-refractivity contribution is -0.385. The first-order chi connectivity index (χ1) is 22.9. The number of hydrogen-bond donors (Lipinski definition) is 0. The summed E-state index contributed by atoms with van der Waals surface area (Å²) in [7, 11) is -3.78. The summed E-state index contributed by atoms with van der Waals surface area (Å²) < 4.78 is 62.0. The highest BCUT2D eigenvalue weighted by molar-refractivity contribution is 7.94. The number of carbonyl (C=O) groups excluding carboxylic acids is 3. The fraction of sp³-hybridized carbons (Fsp3) is 0.545. The van der Waals surface area contributed by atoms with E-state index in [0.29, 0.717) is 56.0 Å². The maximum absolute atomic E-state index is 13.9. The standard InChI is InChI=1S/C33H42F3N5O7S/c1-5-6-7-8-9-20-49(47,37-30(43)33(34,35)36)25-11-13-27-23(21-25)14-15-40(27)29(42)26-22-24(10-12-28(26)41(45)46)38-16-18-39(19-17-38)31(44)48-32(2,3)4/h10-13,21-22H,5-9,14-20H2,1-4H3. The molecule has 16 heteroatoms. The van der Waals surface area contributed by atoms with Crippen LogP contribution in [0.25, 0.3) is 0 Å². The van der Waals surface area contributed by atoms with E-state index in [1.165, 1.54) is 35.2 Å². The van der Waals surface area contributed by atoms with Crippen LogP contribution in [0, 0.1) is 10.1 Å². The van der Waals surface area contributed by atoms with E-state index < -0.39 is 50.0 Å². The Labute approximate surface area is 283 Å². The first-order valence-corrected chi connectivity index (χ1v) is 17.9. The lowest BCUT2D eigenvalue weighted by Gasteiger charge is -2.36. The van der Waals surface area contributed by atoms with Gasteiger partial charge in [-0.2, -0.15) is 13.2 Å². The SMILES string of the molecule is CCCCCCCS(=O)(=NC(=O)C(F)(F)F)c1ccc2c(c1)CCN2C(=O)c1cc(N2CCN(C(=O)OC(C)(C)C)CC2)ccc1[N+](=O)[O-]. The summed E-state index contributed by atoms with van der Waals surface area (Å²) in [5.74, 6) is -3.30. The molecule has 0 saturated carbocycles. The Bertz CT molecular complexity index is 1710. The summed E-state index contributed by atoms with van der Waals surface area (Å²) in [6, 6.07) is 8.42. The molecule has 12 nitrogen and oxygen atoms in total. The lowest BCUT2D eigenvalue weighted by Crippen LogP contribution is -2.50. The van der Waals surface area contributed by atoms with E-state index in [0.717, 1.165) is 19.3 Å². The summed E-state index contributed by atoms with van der Waals surface area (Å²) in [6.07, 6.45) is -1.90. The van der Waals surface area contributed by atoms with Crippen LogP contribution in [0.4, 0.5) is 35.0 Å². The molecule has 2 heterocycles. The van der Waals surface area contributed by atoms with E-state index in [4.69, 9.17) is 4.74 Å². The number of nitrogens with zero attached hydrogens (tertiary/aromatic N) is 5. The fourth-order valence-corrected chi connectivity index (χ4v) is 7.77. The van der Waals surface area contributed by atoms with Crippen molar-refractivity contribution in [1.82, 2.24) is 4.90 Å². The maximum atomic E-state index is 13.9. The van der Waals surface area contributed by atoms with Crippen LogP contribution in [-0.4, -0.2) is 82.2 Å². The monoisotopic (exact) mass is 709 g/mol. The van der Waals surface area contributed by atoms with Crippen LogP contribution in [0.15, 0.2) is 45.7 Å². The molecule has 2 aliphatic rings. The number of halogens is 3. The largest absolute Gasteiger partial charge is 0.474 e. The van der Waals surface area contributed by atoms with Crippen LogP contribution in [-0.2, 0) is 25.7 Å². The van der Waals surface area contributed by atoms with Gasteiger partial charge in [0.05, 0.1) is 14.7 Å². The Morgan fingerprint density at radius 1 is 0.959 bits per heavy atom. The summed E-state index contributed by atoms with van der Waals surface area (Å²) in [4.78, 5) is 54.4. The highest BCUT2D eigenvalue weighted by Gasteiger charge is 2.40.